The maximum atomic E-state index is 11.0. The predicted molar refractivity (Wildman–Crippen MR) is 67.5 cm³/mol. The summed E-state index contributed by atoms with van der Waals surface area (Å²) in [6, 6.07) is 9.40. The molecule has 98 valence electrons. The first-order valence-corrected chi connectivity index (χ1v) is 6.70. The van der Waals surface area contributed by atoms with E-state index in [9.17, 15) is 8.42 Å². The average Bonchev–Trinajstić information content (AvgIpc) is 2.34. The fourth-order valence-corrected chi connectivity index (χ4v) is 2.13. The van der Waals surface area contributed by atoms with Gasteiger partial charge in [-0.1, -0.05) is 12.1 Å². The third-order valence-corrected chi connectivity index (χ3v) is 3.29. The van der Waals surface area contributed by atoms with Crippen molar-refractivity contribution in [1.82, 2.24) is 0 Å². The molecule has 2 aromatic rings. The van der Waals surface area contributed by atoms with Gasteiger partial charge >= 0.3 is 51.4 Å². The topological polar surface area (TPSA) is 83.8 Å². The van der Waals surface area contributed by atoms with Gasteiger partial charge in [-0.2, -0.15) is 8.42 Å². The Morgan fingerprint density at radius 1 is 1.11 bits per heavy atom. The van der Waals surface area contributed by atoms with Gasteiger partial charge in [-0.05, 0) is 35.0 Å². The molecule has 0 fully saturated rings. The number of rotatable bonds is 4. The Balaban J connectivity index is 0.00000180. The molecule has 0 aliphatic heterocycles. The van der Waals surface area contributed by atoms with Crippen LogP contribution < -0.4 is 56.1 Å². The summed E-state index contributed by atoms with van der Waals surface area (Å²) in [6.07, 6.45) is 0. The largest absolute Gasteiger partial charge is 1.00 e. The Hall–Kier alpha value is 0.00636. The summed E-state index contributed by atoms with van der Waals surface area (Å²) in [6.45, 7) is 0.133. The number of benzene rings is 2. The minimum absolute atomic E-state index is 0. The van der Waals surface area contributed by atoms with E-state index < -0.39 is 10.1 Å². The number of aliphatic hydroxyl groups is 1. The van der Waals surface area contributed by atoms with Crippen LogP contribution in [0.25, 0.3) is 10.8 Å². The molecular weight excluding hydrogens is 295 g/mol. The Kier molecular flexibility index (Phi) is 6.41. The molecular formula is C12H13KO5S. The van der Waals surface area contributed by atoms with Crippen LogP contribution >= 0.6 is 0 Å². The van der Waals surface area contributed by atoms with Gasteiger partial charge in [0.15, 0.2) is 0 Å². The molecule has 0 heterocycles. The summed E-state index contributed by atoms with van der Waals surface area (Å²) in [7, 11) is -4.18. The summed E-state index contributed by atoms with van der Waals surface area (Å²) < 4.78 is 36.2. The maximum Gasteiger partial charge on any atom is 1.00 e. The minimum Gasteiger partial charge on any atom is -1.00 e. The van der Waals surface area contributed by atoms with Crippen molar-refractivity contribution < 1.29 is 75.6 Å². The van der Waals surface area contributed by atoms with E-state index in [2.05, 4.69) is 0 Å². The third-order valence-electron chi connectivity index (χ3n) is 2.44. The van der Waals surface area contributed by atoms with Gasteiger partial charge in [-0.15, -0.1) is 0 Å². The first-order chi connectivity index (χ1) is 8.50. The van der Waals surface area contributed by atoms with Crippen LogP contribution in [-0.4, -0.2) is 31.3 Å². The molecule has 0 saturated heterocycles. The Morgan fingerprint density at radius 3 is 2.37 bits per heavy atom. The molecule has 2 N–H and O–H groups in total. The van der Waals surface area contributed by atoms with Crippen LogP contribution in [0.1, 0.15) is 1.43 Å². The standard InChI is InChI=1S/C12H12O5S.K.H/c13-5-6-17-11-3-1-10-8-12(18(14,15)16)4-2-9(10)7-11;;/h1-4,7-8,13H,5-6H2,(H,14,15,16);;/q;+1;-1. The van der Waals surface area contributed by atoms with E-state index in [0.717, 1.165) is 5.39 Å². The van der Waals surface area contributed by atoms with Gasteiger partial charge in [0.05, 0.1) is 11.5 Å². The molecule has 2 rings (SSSR count). The number of ether oxygens (including phenoxy) is 1. The predicted octanol–water partition coefficient (Wildman–Crippen LogP) is -1.43. The van der Waals surface area contributed by atoms with Crippen LogP contribution in [0.5, 0.6) is 5.75 Å². The third kappa shape index (κ3) is 4.50. The first kappa shape index (κ1) is 17.1. The molecule has 0 spiro atoms. The van der Waals surface area contributed by atoms with Crippen molar-refractivity contribution >= 4 is 20.9 Å². The van der Waals surface area contributed by atoms with Gasteiger partial charge in [0.2, 0.25) is 0 Å². The molecule has 0 amide bonds. The van der Waals surface area contributed by atoms with E-state index in [0.29, 0.717) is 11.1 Å². The Labute approximate surface area is 155 Å². The maximum absolute atomic E-state index is 11.0. The van der Waals surface area contributed by atoms with E-state index in [1.165, 1.54) is 12.1 Å². The molecule has 0 saturated carbocycles. The molecule has 5 nitrogen and oxygen atoms in total. The van der Waals surface area contributed by atoms with Crippen molar-refractivity contribution in [3.8, 4) is 5.75 Å². The van der Waals surface area contributed by atoms with Crippen molar-refractivity contribution in [2.75, 3.05) is 13.2 Å². The number of aliphatic hydroxyl groups excluding tert-OH is 1. The van der Waals surface area contributed by atoms with Crippen LogP contribution in [0.3, 0.4) is 0 Å². The molecule has 0 atom stereocenters. The van der Waals surface area contributed by atoms with Crippen LogP contribution in [0, 0.1) is 0 Å². The second kappa shape index (κ2) is 7.14. The number of fused-ring (bicyclic) bond motifs is 1. The average molecular weight is 308 g/mol. The molecule has 0 unspecified atom stereocenters. The first-order valence-electron chi connectivity index (χ1n) is 5.26. The van der Waals surface area contributed by atoms with Crippen molar-refractivity contribution in [3.63, 3.8) is 0 Å². The second-order valence-corrected chi connectivity index (χ2v) is 5.14. The molecule has 0 aromatic heterocycles. The van der Waals surface area contributed by atoms with E-state index in [-0.39, 0.29) is 70.9 Å². The molecule has 19 heavy (non-hydrogen) atoms. The van der Waals surface area contributed by atoms with Crippen molar-refractivity contribution in [2.45, 2.75) is 4.90 Å². The van der Waals surface area contributed by atoms with Crippen LogP contribution in [0.15, 0.2) is 41.3 Å². The smallest absolute Gasteiger partial charge is 1.00 e. The van der Waals surface area contributed by atoms with E-state index in [1.54, 1.807) is 24.3 Å². The summed E-state index contributed by atoms with van der Waals surface area (Å²) in [5.41, 5.74) is 0. The zero-order valence-electron chi connectivity index (χ0n) is 11.4. The quantitative estimate of drug-likeness (QED) is 0.535. The Morgan fingerprint density at radius 2 is 1.74 bits per heavy atom. The van der Waals surface area contributed by atoms with Gasteiger partial charge in [-0.3, -0.25) is 4.55 Å². The molecule has 0 bridgehead atoms. The van der Waals surface area contributed by atoms with Gasteiger partial charge < -0.3 is 11.3 Å². The van der Waals surface area contributed by atoms with Gasteiger partial charge in [0, 0.05) is 0 Å². The van der Waals surface area contributed by atoms with Crippen molar-refractivity contribution in [1.29, 1.82) is 0 Å². The van der Waals surface area contributed by atoms with E-state index in [4.69, 9.17) is 14.4 Å². The minimum atomic E-state index is -4.18. The van der Waals surface area contributed by atoms with Crippen LogP contribution in [-0.2, 0) is 10.1 Å². The molecule has 0 aliphatic carbocycles. The fourth-order valence-electron chi connectivity index (χ4n) is 1.62. The van der Waals surface area contributed by atoms with Gasteiger partial charge in [0.25, 0.3) is 10.1 Å². The summed E-state index contributed by atoms with van der Waals surface area (Å²) in [4.78, 5) is -0.140. The fraction of sp³-hybridized carbons (Fsp3) is 0.167. The molecule has 0 radical (unpaired) electrons. The van der Waals surface area contributed by atoms with Gasteiger partial charge in [0.1, 0.15) is 12.4 Å². The van der Waals surface area contributed by atoms with Crippen LogP contribution in [0.4, 0.5) is 0 Å². The Bertz CT molecular complexity index is 675. The van der Waals surface area contributed by atoms with Crippen molar-refractivity contribution in [3.05, 3.63) is 36.4 Å². The molecule has 7 heteroatoms. The normalized spacial score (nSPS) is 11.1. The number of hydrogen-bond donors (Lipinski definition) is 2. The zero-order valence-corrected chi connectivity index (χ0v) is 14.3. The van der Waals surface area contributed by atoms with Crippen molar-refractivity contribution in [2.24, 2.45) is 0 Å². The van der Waals surface area contributed by atoms with Gasteiger partial charge in [-0.25, -0.2) is 0 Å². The second-order valence-electron chi connectivity index (χ2n) is 3.72. The van der Waals surface area contributed by atoms with E-state index >= 15 is 0 Å². The van der Waals surface area contributed by atoms with Crippen LogP contribution in [0.2, 0.25) is 0 Å². The molecule has 0 aliphatic rings. The summed E-state index contributed by atoms with van der Waals surface area (Å²) in [5, 5.41) is 10.1. The van der Waals surface area contributed by atoms with E-state index in [1.807, 2.05) is 0 Å². The monoisotopic (exact) mass is 308 g/mol. The SMILES string of the molecule is O=S(=O)(O)c1ccc2cc(OCCO)ccc2c1.[H-].[K+]. The number of hydrogen-bond acceptors (Lipinski definition) is 4. The summed E-state index contributed by atoms with van der Waals surface area (Å²) in [5.74, 6) is 0.594. The summed E-state index contributed by atoms with van der Waals surface area (Å²) >= 11 is 0. The zero-order chi connectivity index (χ0) is 13.2. The molecule has 2 aromatic carbocycles.